The van der Waals surface area contributed by atoms with Crippen LogP contribution in [0.15, 0.2) is 24.3 Å². The zero-order valence-electron chi connectivity index (χ0n) is 15.2. The Balaban J connectivity index is 0.00000288. The number of anilines is 1. The first-order chi connectivity index (χ1) is 10.8. The molecule has 1 saturated heterocycles. The van der Waals surface area contributed by atoms with E-state index in [1.54, 1.807) is 0 Å². The van der Waals surface area contributed by atoms with E-state index in [0.29, 0.717) is 18.3 Å². The summed E-state index contributed by atoms with van der Waals surface area (Å²) in [5.74, 6) is 1.92. The van der Waals surface area contributed by atoms with Gasteiger partial charge in [0.15, 0.2) is 0 Å². The summed E-state index contributed by atoms with van der Waals surface area (Å²) >= 11 is 0. The van der Waals surface area contributed by atoms with Crippen molar-refractivity contribution < 1.29 is 9.53 Å². The van der Waals surface area contributed by atoms with E-state index in [0.717, 1.165) is 24.5 Å². The second-order valence-corrected chi connectivity index (χ2v) is 7.57. The molecule has 0 bridgehead atoms. The Morgan fingerprint density at radius 1 is 1.33 bits per heavy atom. The molecule has 24 heavy (non-hydrogen) atoms. The van der Waals surface area contributed by atoms with Crippen molar-refractivity contribution in [3.63, 3.8) is 0 Å². The highest BCUT2D eigenvalue weighted by Gasteiger charge is 2.22. The molecule has 0 saturated carbocycles. The number of hydrogen-bond donors (Lipinski definition) is 2. The average Bonchev–Trinajstić information content (AvgIpc) is 2.48. The molecule has 4 nitrogen and oxygen atoms in total. The number of amides is 1. The molecule has 1 aliphatic rings. The summed E-state index contributed by atoms with van der Waals surface area (Å²) in [6, 6.07) is 7.59. The van der Waals surface area contributed by atoms with E-state index in [-0.39, 0.29) is 23.9 Å². The lowest BCUT2D eigenvalue weighted by Crippen LogP contribution is -2.34. The topological polar surface area (TPSA) is 50.4 Å². The van der Waals surface area contributed by atoms with Crippen LogP contribution in [-0.4, -0.2) is 24.6 Å². The SMILES string of the molecule is CC(CC(=O)Nc1ccc(OC(C)(C)C)cc1)C1CCCNC1.Cl. The van der Waals surface area contributed by atoms with Crippen molar-refractivity contribution in [1.82, 2.24) is 5.32 Å². The molecule has 136 valence electrons. The summed E-state index contributed by atoms with van der Waals surface area (Å²) < 4.78 is 5.79. The molecule has 5 heteroatoms. The molecule has 0 aromatic heterocycles. The van der Waals surface area contributed by atoms with E-state index >= 15 is 0 Å². The number of rotatable bonds is 5. The van der Waals surface area contributed by atoms with Gasteiger partial charge < -0.3 is 15.4 Å². The van der Waals surface area contributed by atoms with Crippen LogP contribution in [0.5, 0.6) is 5.75 Å². The fourth-order valence-corrected chi connectivity index (χ4v) is 3.00. The molecular weight excluding hydrogens is 324 g/mol. The van der Waals surface area contributed by atoms with Gasteiger partial charge >= 0.3 is 0 Å². The number of carbonyl (C=O) groups excluding carboxylic acids is 1. The van der Waals surface area contributed by atoms with Crippen LogP contribution in [0.3, 0.4) is 0 Å². The van der Waals surface area contributed by atoms with Crippen LogP contribution in [0.25, 0.3) is 0 Å². The number of hydrogen-bond acceptors (Lipinski definition) is 3. The van der Waals surface area contributed by atoms with Crippen LogP contribution in [-0.2, 0) is 4.79 Å². The summed E-state index contributed by atoms with van der Waals surface area (Å²) in [6.07, 6.45) is 3.01. The minimum atomic E-state index is -0.214. The Kier molecular flexibility index (Phi) is 8.04. The maximum absolute atomic E-state index is 12.2. The molecule has 1 fully saturated rings. The molecule has 1 aliphatic heterocycles. The Morgan fingerprint density at radius 3 is 2.54 bits per heavy atom. The Labute approximate surface area is 152 Å². The molecule has 1 amide bonds. The monoisotopic (exact) mass is 354 g/mol. The lowest BCUT2D eigenvalue weighted by atomic mass is 9.85. The van der Waals surface area contributed by atoms with Crippen molar-refractivity contribution in [3.8, 4) is 5.75 Å². The fraction of sp³-hybridized carbons (Fsp3) is 0.632. The smallest absolute Gasteiger partial charge is 0.224 e. The number of carbonyl (C=O) groups is 1. The highest BCUT2D eigenvalue weighted by atomic mass is 35.5. The molecule has 0 radical (unpaired) electrons. The second-order valence-electron chi connectivity index (χ2n) is 7.57. The van der Waals surface area contributed by atoms with Gasteiger partial charge in [-0.2, -0.15) is 0 Å². The first-order valence-electron chi connectivity index (χ1n) is 8.63. The quantitative estimate of drug-likeness (QED) is 0.831. The van der Waals surface area contributed by atoms with Crippen LogP contribution in [0.1, 0.15) is 47.0 Å². The number of nitrogens with one attached hydrogen (secondary N) is 2. The van der Waals surface area contributed by atoms with Crippen molar-refractivity contribution in [2.75, 3.05) is 18.4 Å². The largest absolute Gasteiger partial charge is 0.488 e. The van der Waals surface area contributed by atoms with Crippen molar-refractivity contribution in [3.05, 3.63) is 24.3 Å². The van der Waals surface area contributed by atoms with Crippen LogP contribution < -0.4 is 15.4 Å². The zero-order chi connectivity index (χ0) is 16.9. The first kappa shape index (κ1) is 20.8. The second kappa shape index (κ2) is 9.28. The molecular formula is C19H31ClN2O2. The van der Waals surface area contributed by atoms with Crippen molar-refractivity contribution in [1.29, 1.82) is 0 Å². The number of piperidine rings is 1. The van der Waals surface area contributed by atoms with Crippen molar-refractivity contribution in [2.45, 2.75) is 52.6 Å². The summed E-state index contributed by atoms with van der Waals surface area (Å²) in [4.78, 5) is 12.2. The molecule has 2 unspecified atom stereocenters. The fourth-order valence-electron chi connectivity index (χ4n) is 3.00. The summed E-state index contributed by atoms with van der Waals surface area (Å²) in [5, 5.41) is 6.40. The molecule has 1 aromatic carbocycles. The highest BCUT2D eigenvalue weighted by Crippen LogP contribution is 2.24. The lowest BCUT2D eigenvalue weighted by Gasteiger charge is -2.28. The standard InChI is InChI=1S/C19H30N2O2.ClH/c1-14(15-6-5-11-20-13-15)12-18(22)21-16-7-9-17(10-8-16)23-19(2,3)4;/h7-10,14-15,20H,5-6,11-13H2,1-4H3,(H,21,22);1H. The molecule has 2 N–H and O–H groups in total. The molecule has 2 atom stereocenters. The van der Waals surface area contributed by atoms with Crippen LogP contribution in [0, 0.1) is 11.8 Å². The van der Waals surface area contributed by atoms with Crippen LogP contribution >= 0.6 is 12.4 Å². The van der Waals surface area contributed by atoms with E-state index in [1.165, 1.54) is 12.8 Å². The Bertz CT molecular complexity index is 505. The normalized spacial score (nSPS) is 19.1. The van der Waals surface area contributed by atoms with Crippen molar-refractivity contribution >= 4 is 24.0 Å². The number of benzene rings is 1. The molecule has 1 aromatic rings. The lowest BCUT2D eigenvalue weighted by molar-refractivity contribution is -0.117. The van der Waals surface area contributed by atoms with Gasteiger partial charge in [0.2, 0.25) is 5.91 Å². The molecule has 2 rings (SSSR count). The van der Waals surface area contributed by atoms with Gasteiger partial charge in [-0.1, -0.05) is 6.92 Å². The van der Waals surface area contributed by atoms with E-state index in [2.05, 4.69) is 17.6 Å². The molecule has 1 heterocycles. The van der Waals surface area contributed by atoms with Crippen LogP contribution in [0.2, 0.25) is 0 Å². The van der Waals surface area contributed by atoms with Gasteiger partial charge in [0.1, 0.15) is 11.4 Å². The van der Waals surface area contributed by atoms with Gasteiger partial charge in [0.05, 0.1) is 0 Å². The summed E-state index contributed by atoms with van der Waals surface area (Å²) in [6.45, 7) is 10.4. The maximum atomic E-state index is 12.2. The third-order valence-corrected chi connectivity index (χ3v) is 4.21. The average molecular weight is 355 g/mol. The number of halogens is 1. The first-order valence-corrected chi connectivity index (χ1v) is 8.63. The minimum absolute atomic E-state index is 0. The summed E-state index contributed by atoms with van der Waals surface area (Å²) in [7, 11) is 0. The van der Waals surface area contributed by atoms with Gasteiger partial charge in [0, 0.05) is 12.1 Å². The third-order valence-electron chi connectivity index (χ3n) is 4.21. The van der Waals surface area contributed by atoms with Gasteiger partial charge in [-0.15, -0.1) is 12.4 Å². The molecule has 0 spiro atoms. The van der Waals surface area contributed by atoms with E-state index < -0.39 is 0 Å². The number of ether oxygens (including phenoxy) is 1. The van der Waals surface area contributed by atoms with E-state index in [1.807, 2.05) is 45.0 Å². The predicted octanol–water partition coefficient (Wildman–Crippen LogP) is 4.25. The van der Waals surface area contributed by atoms with Gasteiger partial charge in [-0.25, -0.2) is 0 Å². The molecule has 0 aliphatic carbocycles. The Morgan fingerprint density at radius 2 is 2.00 bits per heavy atom. The minimum Gasteiger partial charge on any atom is -0.488 e. The Hall–Kier alpha value is -1.26. The third kappa shape index (κ3) is 7.10. The van der Waals surface area contributed by atoms with E-state index in [4.69, 9.17) is 4.74 Å². The predicted molar refractivity (Wildman–Crippen MR) is 102 cm³/mol. The highest BCUT2D eigenvalue weighted by molar-refractivity contribution is 5.90. The summed E-state index contributed by atoms with van der Waals surface area (Å²) in [5.41, 5.74) is 0.610. The van der Waals surface area contributed by atoms with E-state index in [9.17, 15) is 4.79 Å². The van der Waals surface area contributed by atoms with Crippen LogP contribution in [0.4, 0.5) is 5.69 Å². The maximum Gasteiger partial charge on any atom is 0.224 e. The van der Waals surface area contributed by atoms with Gasteiger partial charge in [-0.05, 0) is 82.8 Å². The van der Waals surface area contributed by atoms with Gasteiger partial charge in [-0.3, -0.25) is 4.79 Å². The van der Waals surface area contributed by atoms with Crippen molar-refractivity contribution in [2.24, 2.45) is 11.8 Å². The zero-order valence-corrected chi connectivity index (χ0v) is 16.0. The van der Waals surface area contributed by atoms with Gasteiger partial charge in [0.25, 0.3) is 0 Å².